The topological polar surface area (TPSA) is 123 Å². The number of amides is 1. The van der Waals surface area contributed by atoms with E-state index in [-0.39, 0.29) is 24.5 Å². The number of aliphatic hydroxyl groups excluding tert-OH is 2. The molecule has 2 aromatic rings. The summed E-state index contributed by atoms with van der Waals surface area (Å²) in [5, 5.41) is 22.7. The van der Waals surface area contributed by atoms with E-state index in [1.165, 1.54) is 5.56 Å². The lowest BCUT2D eigenvalue weighted by atomic mass is 9.85. The van der Waals surface area contributed by atoms with Gasteiger partial charge in [-0.3, -0.25) is 0 Å². The average molecular weight is 523 g/mol. The minimum atomic E-state index is -0.652. The highest BCUT2D eigenvalue weighted by molar-refractivity contribution is 5.85. The highest BCUT2D eigenvalue weighted by atomic mass is 35.5. The van der Waals surface area contributed by atoms with Crippen molar-refractivity contribution < 1.29 is 29.2 Å². The van der Waals surface area contributed by atoms with Gasteiger partial charge in [-0.05, 0) is 62.4 Å². The molecule has 0 aromatic heterocycles. The number of nitrogens with two attached hydrogens (primary N) is 1. The first-order valence-corrected chi connectivity index (χ1v) is 11.9. The van der Waals surface area contributed by atoms with E-state index in [9.17, 15) is 15.0 Å². The van der Waals surface area contributed by atoms with Gasteiger partial charge in [-0.1, -0.05) is 24.3 Å². The van der Waals surface area contributed by atoms with Crippen LogP contribution in [-0.4, -0.2) is 60.4 Å². The van der Waals surface area contributed by atoms with Crippen LogP contribution in [-0.2, 0) is 30.4 Å². The molecule has 0 saturated carbocycles. The van der Waals surface area contributed by atoms with E-state index in [1.54, 1.807) is 14.2 Å². The minimum absolute atomic E-state index is 0. The molecule has 0 bridgehead atoms. The molecular weight excluding hydrogens is 484 g/mol. The van der Waals surface area contributed by atoms with E-state index < -0.39 is 23.9 Å². The van der Waals surface area contributed by atoms with Crippen LogP contribution in [0, 0.1) is 0 Å². The van der Waals surface area contributed by atoms with Crippen LogP contribution in [0.4, 0.5) is 4.79 Å². The zero-order valence-electron chi connectivity index (χ0n) is 21.6. The Bertz CT molecular complexity index is 1030. The summed E-state index contributed by atoms with van der Waals surface area (Å²) in [4.78, 5) is 11.8. The SMILES string of the molecule is COc1cccc2c1C[C@@H](O)C(N)C2.COc1cccc2c1C[C@@H](O)[C@H](NC(=O)OC(C)(C)C)C2.Cl. The number of halogens is 1. The summed E-state index contributed by atoms with van der Waals surface area (Å²) in [7, 11) is 3.27. The van der Waals surface area contributed by atoms with Crippen LogP contribution < -0.4 is 20.5 Å². The molecule has 1 amide bonds. The van der Waals surface area contributed by atoms with Crippen LogP contribution in [0.25, 0.3) is 0 Å². The molecule has 36 heavy (non-hydrogen) atoms. The third-order valence-electron chi connectivity index (χ3n) is 6.28. The van der Waals surface area contributed by atoms with Crippen molar-refractivity contribution in [3.8, 4) is 11.5 Å². The zero-order chi connectivity index (χ0) is 25.8. The maximum absolute atomic E-state index is 11.8. The highest BCUT2D eigenvalue weighted by Gasteiger charge is 2.31. The van der Waals surface area contributed by atoms with E-state index in [0.29, 0.717) is 19.3 Å². The summed E-state index contributed by atoms with van der Waals surface area (Å²) in [6, 6.07) is 11.2. The predicted molar refractivity (Wildman–Crippen MR) is 141 cm³/mol. The molecule has 4 atom stereocenters. The second kappa shape index (κ2) is 12.6. The van der Waals surface area contributed by atoms with Gasteiger partial charge in [-0.2, -0.15) is 0 Å². The average Bonchev–Trinajstić information content (AvgIpc) is 2.79. The molecular formula is C27H39ClN2O6. The van der Waals surface area contributed by atoms with Crippen molar-refractivity contribution in [2.24, 2.45) is 5.73 Å². The molecule has 0 spiro atoms. The zero-order valence-corrected chi connectivity index (χ0v) is 22.4. The van der Waals surface area contributed by atoms with Crippen LogP contribution >= 0.6 is 12.4 Å². The number of nitrogens with one attached hydrogen (secondary N) is 1. The lowest BCUT2D eigenvalue weighted by molar-refractivity contribution is 0.0411. The van der Waals surface area contributed by atoms with Gasteiger partial charge < -0.3 is 35.5 Å². The Hall–Kier alpha value is -2.52. The Kier molecular flexibility index (Phi) is 10.4. The molecule has 4 rings (SSSR count). The van der Waals surface area contributed by atoms with Crippen molar-refractivity contribution in [2.45, 2.75) is 76.3 Å². The number of aliphatic hydroxyl groups is 2. The molecule has 5 N–H and O–H groups in total. The number of benzene rings is 2. The first-order chi connectivity index (χ1) is 16.5. The van der Waals surface area contributed by atoms with Gasteiger partial charge in [0.1, 0.15) is 17.1 Å². The molecule has 0 radical (unpaired) electrons. The Morgan fingerprint density at radius 1 is 0.889 bits per heavy atom. The predicted octanol–water partition coefficient (Wildman–Crippen LogP) is 2.95. The molecule has 0 aliphatic heterocycles. The highest BCUT2D eigenvalue weighted by Crippen LogP contribution is 2.30. The second-order valence-corrected chi connectivity index (χ2v) is 10.1. The van der Waals surface area contributed by atoms with Crippen LogP contribution in [0.3, 0.4) is 0 Å². The number of rotatable bonds is 3. The van der Waals surface area contributed by atoms with Crippen molar-refractivity contribution in [1.29, 1.82) is 0 Å². The van der Waals surface area contributed by atoms with Crippen LogP contribution in [0.1, 0.15) is 43.0 Å². The Balaban J connectivity index is 0.000000265. The van der Waals surface area contributed by atoms with E-state index in [4.69, 9.17) is 19.9 Å². The quantitative estimate of drug-likeness (QED) is 0.488. The monoisotopic (exact) mass is 522 g/mol. The van der Waals surface area contributed by atoms with E-state index in [2.05, 4.69) is 5.32 Å². The van der Waals surface area contributed by atoms with Gasteiger partial charge in [-0.25, -0.2) is 4.79 Å². The number of carbonyl (C=O) groups is 1. The second-order valence-electron chi connectivity index (χ2n) is 10.1. The Labute approximate surface area is 219 Å². The normalized spacial score (nSPS) is 22.4. The summed E-state index contributed by atoms with van der Waals surface area (Å²) in [6.07, 6.45) is 0.749. The fourth-order valence-corrected chi connectivity index (χ4v) is 4.53. The summed E-state index contributed by atoms with van der Waals surface area (Å²) >= 11 is 0. The van der Waals surface area contributed by atoms with Gasteiger partial charge in [0, 0.05) is 24.4 Å². The standard InChI is InChI=1S/C16H23NO4.C11H15NO2.ClH/c1-16(2,3)21-15(19)17-12-8-10-6-5-7-14(20-4)11(10)9-13(12)18;1-14-11-4-2-3-7-5-9(12)10(13)6-8(7)11;/h5-7,12-13,18H,8-9H2,1-4H3,(H,17,19);2-4,9-10,13H,5-6,12H2,1H3;1H/t12-,13-;9?,10-;/m11./s1. The molecule has 1 unspecified atom stereocenters. The molecule has 9 heteroatoms. The fourth-order valence-electron chi connectivity index (χ4n) is 4.53. The van der Waals surface area contributed by atoms with Crippen molar-refractivity contribution >= 4 is 18.5 Å². The van der Waals surface area contributed by atoms with Crippen molar-refractivity contribution in [3.05, 3.63) is 58.7 Å². The summed E-state index contributed by atoms with van der Waals surface area (Å²) in [5.41, 5.74) is 9.63. The molecule has 0 heterocycles. The molecule has 2 aromatic carbocycles. The van der Waals surface area contributed by atoms with Crippen molar-refractivity contribution in [3.63, 3.8) is 0 Å². The van der Waals surface area contributed by atoms with Gasteiger partial charge in [0.15, 0.2) is 0 Å². The van der Waals surface area contributed by atoms with Gasteiger partial charge in [-0.15, -0.1) is 12.4 Å². The van der Waals surface area contributed by atoms with E-state index in [0.717, 1.165) is 34.6 Å². The lowest BCUT2D eigenvalue weighted by Gasteiger charge is -2.32. The third kappa shape index (κ3) is 7.49. The maximum atomic E-state index is 11.8. The fraction of sp³-hybridized carbons (Fsp3) is 0.519. The van der Waals surface area contributed by atoms with Crippen LogP contribution in [0.2, 0.25) is 0 Å². The van der Waals surface area contributed by atoms with E-state index >= 15 is 0 Å². The van der Waals surface area contributed by atoms with Gasteiger partial charge in [0.05, 0.1) is 32.5 Å². The smallest absolute Gasteiger partial charge is 0.407 e. The number of fused-ring (bicyclic) bond motifs is 2. The summed E-state index contributed by atoms with van der Waals surface area (Å²) < 4.78 is 15.8. The number of carbonyl (C=O) groups excluding carboxylic acids is 1. The molecule has 0 saturated heterocycles. The van der Waals surface area contributed by atoms with Gasteiger partial charge >= 0.3 is 6.09 Å². The third-order valence-corrected chi connectivity index (χ3v) is 6.28. The first kappa shape index (κ1) is 29.7. The molecule has 8 nitrogen and oxygen atoms in total. The summed E-state index contributed by atoms with van der Waals surface area (Å²) in [5.74, 6) is 1.63. The molecule has 0 fully saturated rings. The van der Waals surface area contributed by atoms with E-state index in [1.807, 2.05) is 57.2 Å². The Morgan fingerprint density at radius 3 is 1.89 bits per heavy atom. The Morgan fingerprint density at radius 2 is 1.39 bits per heavy atom. The number of hydrogen-bond acceptors (Lipinski definition) is 7. The van der Waals surface area contributed by atoms with Gasteiger partial charge in [0.25, 0.3) is 0 Å². The largest absolute Gasteiger partial charge is 0.496 e. The maximum Gasteiger partial charge on any atom is 0.407 e. The van der Waals surface area contributed by atoms with Crippen LogP contribution in [0.5, 0.6) is 11.5 Å². The molecule has 2 aliphatic rings. The van der Waals surface area contributed by atoms with Crippen molar-refractivity contribution in [1.82, 2.24) is 5.32 Å². The molecule has 2 aliphatic carbocycles. The van der Waals surface area contributed by atoms with Gasteiger partial charge in [0.2, 0.25) is 0 Å². The molecule has 200 valence electrons. The first-order valence-electron chi connectivity index (χ1n) is 11.9. The minimum Gasteiger partial charge on any atom is -0.496 e. The number of hydrogen-bond donors (Lipinski definition) is 4. The van der Waals surface area contributed by atoms with Crippen LogP contribution in [0.15, 0.2) is 36.4 Å². The summed E-state index contributed by atoms with van der Waals surface area (Å²) in [6.45, 7) is 5.43. The number of alkyl carbamates (subject to hydrolysis) is 1. The lowest BCUT2D eigenvalue weighted by Crippen LogP contribution is -2.49. The van der Waals surface area contributed by atoms with Crippen molar-refractivity contribution in [2.75, 3.05) is 14.2 Å². The number of ether oxygens (including phenoxy) is 3. The number of methoxy groups -OCH3 is 2.